The highest BCUT2D eigenvalue weighted by molar-refractivity contribution is 5.73. The summed E-state index contributed by atoms with van der Waals surface area (Å²) in [6.07, 6.45) is -0.546. The highest BCUT2D eigenvalue weighted by atomic mass is 16.6. The Morgan fingerprint density at radius 1 is 1.30 bits per heavy atom. The van der Waals surface area contributed by atoms with Crippen LogP contribution in [0, 0.1) is 16.0 Å². The number of carbonyl (C=O) groups is 2. The third-order valence-electron chi connectivity index (χ3n) is 2.87. The van der Waals surface area contributed by atoms with Crippen molar-refractivity contribution in [2.24, 2.45) is 5.92 Å². The Bertz CT molecular complexity index is 577. The predicted molar refractivity (Wildman–Crippen MR) is 82.2 cm³/mol. The van der Waals surface area contributed by atoms with Gasteiger partial charge < -0.3 is 15.2 Å². The summed E-state index contributed by atoms with van der Waals surface area (Å²) >= 11 is 0. The van der Waals surface area contributed by atoms with Gasteiger partial charge in [0, 0.05) is 18.7 Å². The zero-order valence-electron chi connectivity index (χ0n) is 13.2. The smallest absolute Gasteiger partial charge is 0.407 e. The summed E-state index contributed by atoms with van der Waals surface area (Å²) in [5, 5.41) is 22.2. The number of nitrogens with one attached hydrogen (secondary N) is 1. The summed E-state index contributed by atoms with van der Waals surface area (Å²) in [6, 6.07) is 5.63. The number of benzene rings is 1. The number of non-ortho nitro benzene ring substituents is 1. The molecule has 1 aromatic carbocycles. The lowest BCUT2D eigenvalue weighted by molar-refractivity contribution is -0.384. The molecule has 1 rings (SSSR count). The summed E-state index contributed by atoms with van der Waals surface area (Å²) in [6.45, 7) is 5.02. The van der Waals surface area contributed by atoms with Crippen LogP contribution < -0.4 is 5.32 Å². The fourth-order valence-corrected chi connectivity index (χ4v) is 1.81. The summed E-state index contributed by atoms with van der Waals surface area (Å²) in [7, 11) is 0. The molecule has 0 saturated heterocycles. The quantitative estimate of drug-likeness (QED) is 0.612. The molecular formula is C15H20N2O6. The molecule has 2 N–H and O–H groups in total. The molecule has 0 aliphatic rings. The summed E-state index contributed by atoms with van der Waals surface area (Å²) < 4.78 is 5.04. The molecule has 1 unspecified atom stereocenters. The molecule has 0 fully saturated rings. The molecule has 0 saturated carbocycles. The standard InChI is InChI=1S/C15H20N2O6/c1-15(2,3)23-14(20)16-9-11(13(18)19)8-10-4-6-12(7-5-10)17(21)22/h4-7,11H,8-9H2,1-3H3,(H,16,20)(H,18,19). The van der Waals surface area contributed by atoms with Crippen LogP contribution in [0.4, 0.5) is 10.5 Å². The van der Waals surface area contributed by atoms with E-state index in [1.54, 1.807) is 20.8 Å². The van der Waals surface area contributed by atoms with E-state index in [0.717, 1.165) is 0 Å². The number of aliphatic carboxylic acids is 1. The highest BCUT2D eigenvalue weighted by Gasteiger charge is 2.22. The highest BCUT2D eigenvalue weighted by Crippen LogP contribution is 2.15. The first kappa shape index (κ1) is 18.4. The number of hydrogen-bond acceptors (Lipinski definition) is 5. The number of nitro benzene ring substituents is 1. The lowest BCUT2D eigenvalue weighted by Gasteiger charge is -2.20. The Hall–Kier alpha value is -2.64. The zero-order chi connectivity index (χ0) is 17.6. The van der Waals surface area contributed by atoms with Crippen molar-refractivity contribution < 1.29 is 24.4 Å². The maximum absolute atomic E-state index is 11.6. The van der Waals surface area contributed by atoms with Gasteiger partial charge in [0.2, 0.25) is 0 Å². The number of hydrogen-bond donors (Lipinski definition) is 2. The number of nitrogens with zero attached hydrogens (tertiary/aromatic N) is 1. The van der Waals surface area contributed by atoms with Gasteiger partial charge in [0.15, 0.2) is 0 Å². The van der Waals surface area contributed by atoms with E-state index in [1.807, 2.05) is 0 Å². The van der Waals surface area contributed by atoms with Gasteiger partial charge in [-0.2, -0.15) is 0 Å². The molecule has 126 valence electrons. The van der Waals surface area contributed by atoms with Crippen LogP contribution in [0.1, 0.15) is 26.3 Å². The van der Waals surface area contributed by atoms with Crippen LogP contribution in [0.2, 0.25) is 0 Å². The first-order valence-electron chi connectivity index (χ1n) is 7.01. The molecule has 0 radical (unpaired) electrons. The molecule has 0 aromatic heterocycles. The van der Waals surface area contributed by atoms with E-state index in [4.69, 9.17) is 4.74 Å². The van der Waals surface area contributed by atoms with Gasteiger partial charge in [-0.15, -0.1) is 0 Å². The average Bonchev–Trinajstić information content (AvgIpc) is 2.41. The van der Waals surface area contributed by atoms with Crippen molar-refractivity contribution in [1.82, 2.24) is 5.32 Å². The Morgan fingerprint density at radius 2 is 1.87 bits per heavy atom. The van der Waals surface area contributed by atoms with Crippen LogP contribution in [0.15, 0.2) is 24.3 Å². The molecule has 0 aliphatic heterocycles. The Labute approximate surface area is 133 Å². The number of carboxylic acids is 1. The molecule has 0 heterocycles. The number of nitro groups is 1. The van der Waals surface area contributed by atoms with Gasteiger partial charge in [-0.25, -0.2) is 4.79 Å². The van der Waals surface area contributed by atoms with Crippen molar-refractivity contribution in [1.29, 1.82) is 0 Å². The molecule has 1 atom stereocenters. The minimum absolute atomic E-state index is 0.0625. The van der Waals surface area contributed by atoms with Crippen molar-refractivity contribution in [2.45, 2.75) is 32.8 Å². The van der Waals surface area contributed by atoms with Gasteiger partial charge in [0.25, 0.3) is 5.69 Å². The zero-order valence-corrected chi connectivity index (χ0v) is 13.2. The van der Waals surface area contributed by atoms with Gasteiger partial charge in [-0.05, 0) is 32.8 Å². The number of alkyl carbamates (subject to hydrolysis) is 1. The van der Waals surface area contributed by atoms with E-state index in [-0.39, 0.29) is 18.7 Å². The topological polar surface area (TPSA) is 119 Å². The van der Waals surface area contributed by atoms with E-state index >= 15 is 0 Å². The second-order valence-corrected chi connectivity index (χ2v) is 6.05. The van der Waals surface area contributed by atoms with Crippen molar-refractivity contribution in [3.05, 3.63) is 39.9 Å². The Balaban J connectivity index is 2.63. The first-order valence-corrected chi connectivity index (χ1v) is 7.01. The number of carbonyl (C=O) groups excluding carboxylic acids is 1. The maximum Gasteiger partial charge on any atom is 0.407 e. The lowest BCUT2D eigenvalue weighted by atomic mass is 9.99. The van der Waals surface area contributed by atoms with Gasteiger partial charge in [0.05, 0.1) is 10.8 Å². The van der Waals surface area contributed by atoms with Gasteiger partial charge >= 0.3 is 12.1 Å². The number of ether oxygens (including phenoxy) is 1. The SMILES string of the molecule is CC(C)(C)OC(=O)NCC(Cc1ccc([N+](=O)[O-])cc1)C(=O)O. The van der Waals surface area contributed by atoms with Gasteiger partial charge in [0.1, 0.15) is 5.60 Å². The molecule has 8 heteroatoms. The third kappa shape index (κ3) is 6.77. The number of rotatable bonds is 6. The van der Waals surface area contributed by atoms with E-state index in [9.17, 15) is 24.8 Å². The molecule has 0 spiro atoms. The number of amides is 1. The fraction of sp³-hybridized carbons (Fsp3) is 0.467. The van der Waals surface area contributed by atoms with Gasteiger partial charge in [-0.1, -0.05) is 12.1 Å². The maximum atomic E-state index is 11.6. The van der Waals surface area contributed by atoms with E-state index in [1.165, 1.54) is 24.3 Å². The Morgan fingerprint density at radius 3 is 2.30 bits per heavy atom. The molecular weight excluding hydrogens is 304 g/mol. The molecule has 8 nitrogen and oxygen atoms in total. The largest absolute Gasteiger partial charge is 0.481 e. The summed E-state index contributed by atoms with van der Waals surface area (Å²) in [5.41, 5.74) is -0.0947. The Kier molecular flexibility index (Phi) is 6.06. The molecule has 23 heavy (non-hydrogen) atoms. The van der Waals surface area contributed by atoms with Crippen molar-refractivity contribution >= 4 is 17.7 Å². The van der Waals surface area contributed by atoms with Crippen LogP contribution in [-0.2, 0) is 16.0 Å². The monoisotopic (exact) mass is 324 g/mol. The molecule has 1 aromatic rings. The second kappa shape index (κ2) is 7.57. The molecule has 1 amide bonds. The van der Waals surface area contributed by atoms with Crippen LogP contribution >= 0.6 is 0 Å². The normalized spacial score (nSPS) is 12.3. The van der Waals surface area contributed by atoms with Crippen molar-refractivity contribution in [3.63, 3.8) is 0 Å². The average molecular weight is 324 g/mol. The summed E-state index contributed by atoms with van der Waals surface area (Å²) in [4.78, 5) is 32.9. The van der Waals surface area contributed by atoms with E-state index < -0.39 is 28.5 Å². The second-order valence-electron chi connectivity index (χ2n) is 6.05. The number of carboxylic acid groups (broad SMARTS) is 1. The first-order chi connectivity index (χ1) is 10.6. The van der Waals surface area contributed by atoms with Crippen molar-refractivity contribution in [3.8, 4) is 0 Å². The van der Waals surface area contributed by atoms with E-state index in [0.29, 0.717) is 5.56 Å². The lowest BCUT2D eigenvalue weighted by Crippen LogP contribution is -2.37. The van der Waals surface area contributed by atoms with Crippen LogP contribution in [-0.4, -0.2) is 34.2 Å². The summed E-state index contributed by atoms with van der Waals surface area (Å²) in [5.74, 6) is -1.93. The van der Waals surface area contributed by atoms with Crippen LogP contribution in [0.5, 0.6) is 0 Å². The third-order valence-corrected chi connectivity index (χ3v) is 2.87. The fourth-order valence-electron chi connectivity index (χ4n) is 1.81. The van der Waals surface area contributed by atoms with Gasteiger partial charge in [-0.3, -0.25) is 14.9 Å². The van der Waals surface area contributed by atoms with Crippen molar-refractivity contribution in [2.75, 3.05) is 6.54 Å². The van der Waals surface area contributed by atoms with E-state index in [2.05, 4.69) is 5.32 Å². The predicted octanol–water partition coefficient (Wildman–Crippen LogP) is 2.36. The van der Waals surface area contributed by atoms with Crippen LogP contribution in [0.25, 0.3) is 0 Å². The van der Waals surface area contributed by atoms with Crippen LogP contribution in [0.3, 0.4) is 0 Å². The minimum atomic E-state index is -1.07. The molecule has 0 bridgehead atoms. The molecule has 0 aliphatic carbocycles. The minimum Gasteiger partial charge on any atom is -0.481 e.